The Kier molecular flexibility index (Phi) is 7.29. The zero-order valence-corrected chi connectivity index (χ0v) is 18.9. The summed E-state index contributed by atoms with van der Waals surface area (Å²) in [6.45, 7) is 0.0685. The van der Waals surface area contributed by atoms with Crippen LogP contribution in [0.1, 0.15) is 27.9 Å². The van der Waals surface area contributed by atoms with Crippen LogP contribution in [0.4, 0.5) is 5.69 Å². The number of carbonyl (C=O) groups is 3. The second kappa shape index (κ2) is 10.7. The highest BCUT2D eigenvalue weighted by Crippen LogP contribution is 2.26. The van der Waals surface area contributed by atoms with Crippen molar-refractivity contribution in [3.8, 4) is 11.5 Å². The number of hydrazine groups is 1. The molecule has 0 aromatic heterocycles. The molecular weight excluding hydrogens is 458 g/mol. The summed E-state index contributed by atoms with van der Waals surface area (Å²) in [6.07, 6.45) is 1.03. The fourth-order valence-corrected chi connectivity index (χ4v) is 3.41. The van der Waals surface area contributed by atoms with E-state index in [4.69, 9.17) is 21.1 Å². The van der Waals surface area contributed by atoms with E-state index < -0.39 is 11.8 Å². The molecule has 0 atom stereocenters. The van der Waals surface area contributed by atoms with Gasteiger partial charge in [-0.3, -0.25) is 25.2 Å². The third kappa shape index (κ3) is 6.26. The van der Waals surface area contributed by atoms with Crippen molar-refractivity contribution in [2.45, 2.75) is 19.4 Å². The van der Waals surface area contributed by atoms with Gasteiger partial charge in [-0.05, 0) is 72.1 Å². The van der Waals surface area contributed by atoms with E-state index in [1.807, 2.05) is 0 Å². The van der Waals surface area contributed by atoms with E-state index in [1.165, 1.54) is 0 Å². The van der Waals surface area contributed by atoms with Crippen LogP contribution in [0.3, 0.4) is 0 Å². The molecule has 1 heterocycles. The lowest BCUT2D eigenvalue weighted by molar-refractivity contribution is -0.123. The van der Waals surface area contributed by atoms with Crippen molar-refractivity contribution in [3.05, 3.63) is 88.4 Å². The maximum Gasteiger partial charge on any atom is 0.276 e. The zero-order chi connectivity index (χ0) is 23.9. The van der Waals surface area contributed by atoms with E-state index in [-0.39, 0.29) is 12.5 Å². The van der Waals surface area contributed by atoms with E-state index in [1.54, 1.807) is 66.7 Å². The summed E-state index contributed by atoms with van der Waals surface area (Å²) in [4.78, 5) is 35.8. The summed E-state index contributed by atoms with van der Waals surface area (Å²) in [5.74, 6) is 0.221. The monoisotopic (exact) mass is 479 g/mol. The molecular formula is C25H22ClN3O5. The van der Waals surface area contributed by atoms with Crippen LogP contribution in [0, 0.1) is 0 Å². The Morgan fingerprint density at radius 3 is 2.38 bits per heavy atom. The molecule has 3 amide bonds. The van der Waals surface area contributed by atoms with Crippen LogP contribution in [0.25, 0.3) is 0 Å². The number of anilines is 1. The van der Waals surface area contributed by atoms with Crippen LogP contribution in [0.5, 0.6) is 11.5 Å². The Morgan fingerprint density at radius 1 is 0.882 bits per heavy atom. The second-order valence-corrected chi connectivity index (χ2v) is 8.03. The fourth-order valence-electron chi connectivity index (χ4n) is 3.28. The van der Waals surface area contributed by atoms with Gasteiger partial charge < -0.3 is 14.8 Å². The van der Waals surface area contributed by atoms with E-state index in [9.17, 15) is 14.4 Å². The molecule has 0 fully saturated rings. The molecule has 0 aliphatic carbocycles. The lowest BCUT2D eigenvalue weighted by atomic mass is 10.0. The van der Waals surface area contributed by atoms with Crippen LogP contribution < -0.4 is 25.6 Å². The fraction of sp³-hybridized carbons (Fsp3) is 0.160. The summed E-state index contributed by atoms with van der Waals surface area (Å²) in [6, 6.07) is 19.1. The summed E-state index contributed by atoms with van der Waals surface area (Å²) in [5.41, 5.74) is 7.66. The van der Waals surface area contributed by atoms with Gasteiger partial charge in [-0.2, -0.15) is 0 Å². The Bertz CT molecular complexity index is 1200. The van der Waals surface area contributed by atoms with Gasteiger partial charge in [0, 0.05) is 22.7 Å². The molecule has 0 saturated carbocycles. The van der Waals surface area contributed by atoms with Crippen molar-refractivity contribution in [2.75, 3.05) is 11.9 Å². The Labute approximate surface area is 201 Å². The number of rotatable bonds is 7. The largest absolute Gasteiger partial charge is 0.489 e. The predicted molar refractivity (Wildman–Crippen MR) is 127 cm³/mol. The van der Waals surface area contributed by atoms with Crippen molar-refractivity contribution in [3.63, 3.8) is 0 Å². The minimum Gasteiger partial charge on any atom is -0.489 e. The molecule has 3 aromatic carbocycles. The van der Waals surface area contributed by atoms with Crippen LogP contribution in [-0.4, -0.2) is 24.3 Å². The van der Waals surface area contributed by atoms with Crippen molar-refractivity contribution >= 4 is 35.0 Å². The summed E-state index contributed by atoms with van der Waals surface area (Å²) in [5, 5.41) is 3.42. The molecule has 34 heavy (non-hydrogen) atoms. The first-order chi connectivity index (χ1) is 16.5. The van der Waals surface area contributed by atoms with Crippen LogP contribution in [0.15, 0.2) is 66.7 Å². The second-order valence-electron chi connectivity index (χ2n) is 7.60. The number of hydrogen-bond acceptors (Lipinski definition) is 5. The molecule has 0 radical (unpaired) electrons. The summed E-state index contributed by atoms with van der Waals surface area (Å²) < 4.78 is 11.2. The third-order valence-electron chi connectivity index (χ3n) is 5.09. The highest BCUT2D eigenvalue weighted by molar-refractivity contribution is 6.30. The molecule has 9 heteroatoms. The molecule has 0 unspecified atom stereocenters. The van der Waals surface area contributed by atoms with Gasteiger partial charge in [0.25, 0.3) is 11.8 Å². The molecule has 0 saturated heterocycles. The average molecular weight is 480 g/mol. The highest BCUT2D eigenvalue weighted by Gasteiger charge is 2.15. The Hall–Kier alpha value is -4.04. The summed E-state index contributed by atoms with van der Waals surface area (Å²) >= 11 is 5.86. The van der Waals surface area contributed by atoms with Crippen LogP contribution >= 0.6 is 11.6 Å². The molecule has 4 rings (SSSR count). The van der Waals surface area contributed by atoms with Gasteiger partial charge in [0.2, 0.25) is 5.91 Å². The normalized spacial score (nSPS) is 12.2. The van der Waals surface area contributed by atoms with Crippen molar-refractivity contribution in [1.82, 2.24) is 10.9 Å². The van der Waals surface area contributed by atoms with E-state index in [2.05, 4.69) is 16.2 Å². The molecule has 8 nitrogen and oxygen atoms in total. The lowest BCUT2D eigenvalue weighted by Gasteiger charge is -2.17. The number of benzene rings is 3. The average Bonchev–Trinajstić information content (AvgIpc) is 2.86. The molecule has 0 spiro atoms. The third-order valence-corrected chi connectivity index (χ3v) is 5.34. The Balaban J connectivity index is 1.20. The van der Waals surface area contributed by atoms with E-state index >= 15 is 0 Å². The molecule has 0 bridgehead atoms. The molecule has 1 aliphatic heterocycles. The maximum atomic E-state index is 12.3. The number of amides is 3. The number of hydrogen-bond donors (Lipinski definition) is 3. The minimum absolute atomic E-state index is 0.0165. The molecule has 174 valence electrons. The van der Waals surface area contributed by atoms with Gasteiger partial charge in [-0.15, -0.1) is 0 Å². The smallest absolute Gasteiger partial charge is 0.276 e. The van der Waals surface area contributed by atoms with E-state index in [0.29, 0.717) is 41.5 Å². The summed E-state index contributed by atoms with van der Waals surface area (Å²) in [7, 11) is 0. The number of halogens is 1. The van der Waals surface area contributed by atoms with Gasteiger partial charge in [-0.1, -0.05) is 23.7 Å². The number of ether oxygens (including phenoxy) is 2. The number of carbonyl (C=O) groups excluding carboxylic acids is 3. The number of aryl methyl sites for hydroxylation is 1. The van der Waals surface area contributed by atoms with Crippen molar-refractivity contribution in [2.24, 2.45) is 0 Å². The van der Waals surface area contributed by atoms with Crippen LogP contribution in [-0.2, 0) is 22.6 Å². The molecule has 1 aliphatic rings. The van der Waals surface area contributed by atoms with Gasteiger partial charge in [0.15, 0.2) is 6.61 Å². The first-order valence-corrected chi connectivity index (χ1v) is 11.0. The van der Waals surface area contributed by atoms with Gasteiger partial charge in [-0.25, -0.2) is 0 Å². The number of fused-ring (bicyclic) bond motifs is 1. The lowest BCUT2D eigenvalue weighted by Crippen LogP contribution is -2.43. The van der Waals surface area contributed by atoms with Gasteiger partial charge in [0.1, 0.15) is 18.1 Å². The zero-order valence-electron chi connectivity index (χ0n) is 18.1. The molecule has 3 N–H and O–H groups in total. The van der Waals surface area contributed by atoms with Crippen LogP contribution in [0.2, 0.25) is 5.02 Å². The molecule has 3 aromatic rings. The number of nitrogens with one attached hydrogen (secondary N) is 3. The van der Waals surface area contributed by atoms with Crippen molar-refractivity contribution in [1.29, 1.82) is 0 Å². The van der Waals surface area contributed by atoms with Gasteiger partial charge in [0.05, 0.1) is 0 Å². The quantitative estimate of drug-likeness (QED) is 0.449. The topological polar surface area (TPSA) is 106 Å². The standard InChI is InChI=1S/C25H22ClN3O5/c26-19-6-8-20(9-7-19)33-14-16-1-3-17(4-2-16)25(32)29-28-24(31)15-34-21-10-11-22-18(13-21)5-12-23(30)27-22/h1-4,6-11,13H,5,12,14-15H2,(H,27,30)(H,28,31)(H,29,32). The first-order valence-electron chi connectivity index (χ1n) is 10.6. The Morgan fingerprint density at radius 2 is 1.62 bits per heavy atom. The van der Waals surface area contributed by atoms with Crippen molar-refractivity contribution < 1.29 is 23.9 Å². The SMILES string of the molecule is O=C(COc1ccc2c(c1)CCC(=O)N2)NNC(=O)c1ccc(COc2ccc(Cl)cc2)cc1. The minimum atomic E-state index is -0.507. The predicted octanol–water partition coefficient (Wildman–Crippen LogP) is 3.64. The highest BCUT2D eigenvalue weighted by atomic mass is 35.5. The maximum absolute atomic E-state index is 12.3. The van der Waals surface area contributed by atoms with E-state index in [0.717, 1.165) is 16.8 Å². The van der Waals surface area contributed by atoms with Gasteiger partial charge >= 0.3 is 0 Å². The first kappa shape index (κ1) is 23.1.